The third-order valence-electron chi connectivity index (χ3n) is 4.74. The minimum Gasteiger partial charge on any atom is -0.313 e. The number of hydrogen-bond donors (Lipinski definition) is 1. The highest BCUT2D eigenvalue weighted by atomic mass is 19.1. The number of nitrogens with one attached hydrogen (secondary N) is 1. The smallest absolute Gasteiger partial charge is 0.123 e. The van der Waals surface area contributed by atoms with Crippen LogP contribution in [-0.2, 0) is 12.8 Å². The molecule has 2 atom stereocenters. The second-order valence-corrected chi connectivity index (χ2v) is 6.04. The molecule has 110 valence electrons. The number of halogens is 1. The molecule has 0 heterocycles. The predicted octanol–water partition coefficient (Wildman–Crippen LogP) is 4.20. The van der Waals surface area contributed by atoms with Gasteiger partial charge in [0.05, 0.1) is 0 Å². The van der Waals surface area contributed by atoms with Crippen molar-refractivity contribution in [3.05, 3.63) is 70.5 Å². The zero-order chi connectivity index (χ0) is 14.8. The van der Waals surface area contributed by atoms with Crippen molar-refractivity contribution in [2.75, 3.05) is 7.05 Å². The lowest BCUT2D eigenvalue weighted by atomic mass is 9.76. The van der Waals surface area contributed by atoms with Crippen LogP contribution in [0.2, 0.25) is 0 Å². The Balaban J connectivity index is 1.86. The molecule has 0 radical (unpaired) electrons. The van der Waals surface area contributed by atoms with Gasteiger partial charge in [-0.3, -0.25) is 0 Å². The lowest BCUT2D eigenvalue weighted by Crippen LogP contribution is -2.31. The largest absolute Gasteiger partial charge is 0.313 e. The maximum atomic E-state index is 13.3. The maximum Gasteiger partial charge on any atom is 0.123 e. The van der Waals surface area contributed by atoms with E-state index in [1.165, 1.54) is 23.1 Å². The van der Waals surface area contributed by atoms with Crippen LogP contribution >= 0.6 is 0 Å². The molecule has 0 fully saturated rings. The van der Waals surface area contributed by atoms with E-state index in [0.29, 0.717) is 12.0 Å². The van der Waals surface area contributed by atoms with Gasteiger partial charge in [-0.25, -0.2) is 4.39 Å². The Morgan fingerprint density at radius 1 is 1.19 bits per heavy atom. The molecule has 0 saturated heterocycles. The van der Waals surface area contributed by atoms with Gasteiger partial charge in [0.15, 0.2) is 0 Å². The van der Waals surface area contributed by atoms with E-state index in [0.717, 1.165) is 18.4 Å². The van der Waals surface area contributed by atoms with E-state index in [9.17, 15) is 4.39 Å². The summed E-state index contributed by atoms with van der Waals surface area (Å²) >= 11 is 0. The zero-order valence-electron chi connectivity index (χ0n) is 12.7. The summed E-state index contributed by atoms with van der Waals surface area (Å²) in [6.45, 7) is 2.00. The first-order chi connectivity index (χ1) is 10.2. The minimum absolute atomic E-state index is 0.143. The summed E-state index contributed by atoms with van der Waals surface area (Å²) in [7, 11) is 2.04. The molecule has 0 spiro atoms. The predicted molar refractivity (Wildman–Crippen MR) is 84.9 cm³/mol. The van der Waals surface area contributed by atoms with Crippen LogP contribution in [0.4, 0.5) is 4.39 Å². The molecule has 1 nitrogen and oxygen atoms in total. The number of rotatable bonds is 3. The summed E-state index contributed by atoms with van der Waals surface area (Å²) in [6, 6.07) is 14.3. The summed E-state index contributed by atoms with van der Waals surface area (Å²) < 4.78 is 13.3. The van der Waals surface area contributed by atoms with Crippen molar-refractivity contribution in [2.45, 2.75) is 32.2 Å². The van der Waals surface area contributed by atoms with Gasteiger partial charge in [-0.05, 0) is 73.5 Å². The van der Waals surface area contributed by atoms with Crippen LogP contribution in [0.3, 0.4) is 0 Å². The third-order valence-corrected chi connectivity index (χ3v) is 4.74. The lowest BCUT2D eigenvalue weighted by molar-refractivity contribution is 0.334. The van der Waals surface area contributed by atoms with E-state index >= 15 is 0 Å². The molecule has 2 unspecified atom stereocenters. The molecule has 3 rings (SSSR count). The van der Waals surface area contributed by atoms with Crippen LogP contribution in [-0.4, -0.2) is 7.05 Å². The van der Waals surface area contributed by atoms with E-state index in [1.807, 2.05) is 20.0 Å². The molecule has 1 N–H and O–H groups in total. The molecule has 2 aromatic rings. The fourth-order valence-electron chi connectivity index (χ4n) is 3.61. The standard InChI is InChI=1S/C19H22FN/c1-13-11-17(20)10-9-15(13)12-16-8-7-14-5-3-4-6-18(14)19(16)21-2/h3-6,9-11,16,19,21H,7-8,12H2,1-2H3. The van der Waals surface area contributed by atoms with Crippen LogP contribution in [0.15, 0.2) is 42.5 Å². The Labute approximate surface area is 126 Å². The van der Waals surface area contributed by atoms with Crippen LogP contribution < -0.4 is 5.32 Å². The van der Waals surface area contributed by atoms with Gasteiger partial charge in [0.2, 0.25) is 0 Å². The summed E-state index contributed by atoms with van der Waals surface area (Å²) in [6.07, 6.45) is 3.32. The number of benzene rings is 2. The summed E-state index contributed by atoms with van der Waals surface area (Å²) in [4.78, 5) is 0. The summed E-state index contributed by atoms with van der Waals surface area (Å²) in [5.74, 6) is 0.421. The van der Waals surface area contributed by atoms with Gasteiger partial charge in [0.25, 0.3) is 0 Å². The molecule has 0 aromatic heterocycles. The van der Waals surface area contributed by atoms with Crippen LogP contribution in [0.5, 0.6) is 0 Å². The van der Waals surface area contributed by atoms with Crippen molar-refractivity contribution >= 4 is 0 Å². The van der Waals surface area contributed by atoms with Gasteiger partial charge in [-0.1, -0.05) is 30.3 Å². The SMILES string of the molecule is CNC1c2ccccc2CCC1Cc1ccc(F)cc1C. The molecule has 0 bridgehead atoms. The fraction of sp³-hybridized carbons (Fsp3) is 0.368. The molecule has 2 heteroatoms. The van der Waals surface area contributed by atoms with Gasteiger partial charge in [-0.15, -0.1) is 0 Å². The Bertz CT molecular complexity index is 635. The van der Waals surface area contributed by atoms with Crippen LogP contribution in [0.1, 0.15) is 34.7 Å². The van der Waals surface area contributed by atoms with Crippen molar-refractivity contribution in [2.24, 2.45) is 5.92 Å². The summed E-state index contributed by atoms with van der Waals surface area (Å²) in [5.41, 5.74) is 5.21. The fourth-order valence-corrected chi connectivity index (χ4v) is 3.61. The Morgan fingerprint density at radius 3 is 2.76 bits per heavy atom. The average molecular weight is 283 g/mol. The highest BCUT2D eigenvalue weighted by Gasteiger charge is 2.28. The maximum absolute atomic E-state index is 13.3. The van der Waals surface area contributed by atoms with E-state index < -0.39 is 0 Å². The molecule has 1 aliphatic rings. The number of fused-ring (bicyclic) bond motifs is 1. The van der Waals surface area contributed by atoms with Crippen LogP contribution in [0.25, 0.3) is 0 Å². The van der Waals surface area contributed by atoms with Gasteiger partial charge in [0.1, 0.15) is 5.82 Å². The normalized spacial score (nSPS) is 21.1. The number of hydrogen-bond acceptors (Lipinski definition) is 1. The van der Waals surface area contributed by atoms with Gasteiger partial charge >= 0.3 is 0 Å². The highest BCUT2D eigenvalue weighted by Crippen LogP contribution is 2.36. The van der Waals surface area contributed by atoms with Gasteiger partial charge in [-0.2, -0.15) is 0 Å². The Morgan fingerprint density at radius 2 is 2.00 bits per heavy atom. The second kappa shape index (κ2) is 5.98. The molecule has 0 amide bonds. The zero-order valence-corrected chi connectivity index (χ0v) is 12.7. The first-order valence-corrected chi connectivity index (χ1v) is 7.69. The molecular weight excluding hydrogens is 261 g/mol. The quantitative estimate of drug-likeness (QED) is 0.890. The second-order valence-electron chi connectivity index (χ2n) is 6.04. The first-order valence-electron chi connectivity index (χ1n) is 7.69. The molecular formula is C19H22FN. The molecule has 21 heavy (non-hydrogen) atoms. The van der Waals surface area contributed by atoms with E-state index in [2.05, 4.69) is 29.6 Å². The van der Waals surface area contributed by atoms with Crippen molar-refractivity contribution in [3.63, 3.8) is 0 Å². The Hall–Kier alpha value is -1.67. The van der Waals surface area contributed by atoms with Crippen molar-refractivity contribution in [1.82, 2.24) is 5.32 Å². The van der Waals surface area contributed by atoms with E-state index in [4.69, 9.17) is 0 Å². The Kier molecular flexibility index (Phi) is 4.07. The molecule has 0 aliphatic heterocycles. The average Bonchev–Trinajstić information content (AvgIpc) is 2.49. The lowest BCUT2D eigenvalue weighted by Gasteiger charge is -2.34. The van der Waals surface area contributed by atoms with Gasteiger partial charge < -0.3 is 5.32 Å². The molecule has 2 aromatic carbocycles. The minimum atomic E-state index is -0.143. The monoisotopic (exact) mass is 283 g/mol. The van der Waals surface area contributed by atoms with Crippen molar-refractivity contribution < 1.29 is 4.39 Å². The molecule has 1 aliphatic carbocycles. The first kappa shape index (κ1) is 14.3. The topological polar surface area (TPSA) is 12.0 Å². The summed E-state index contributed by atoms with van der Waals surface area (Å²) in [5, 5.41) is 3.49. The van der Waals surface area contributed by atoms with E-state index in [1.54, 1.807) is 12.1 Å². The van der Waals surface area contributed by atoms with Crippen molar-refractivity contribution in [1.29, 1.82) is 0 Å². The van der Waals surface area contributed by atoms with Crippen LogP contribution in [0, 0.1) is 18.7 Å². The van der Waals surface area contributed by atoms with Gasteiger partial charge in [0, 0.05) is 6.04 Å². The highest BCUT2D eigenvalue weighted by molar-refractivity contribution is 5.34. The number of aryl methyl sites for hydroxylation is 2. The van der Waals surface area contributed by atoms with Crippen molar-refractivity contribution in [3.8, 4) is 0 Å². The van der Waals surface area contributed by atoms with E-state index in [-0.39, 0.29) is 5.82 Å². The third kappa shape index (κ3) is 2.86. The molecule has 0 saturated carbocycles.